The maximum absolute atomic E-state index is 3.70. The van der Waals surface area contributed by atoms with E-state index in [1.807, 2.05) is 0 Å². The van der Waals surface area contributed by atoms with Crippen LogP contribution >= 0.6 is 0 Å². The molecule has 0 heterocycles. The molecule has 1 heteroatoms. The van der Waals surface area contributed by atoms with Gasteiger partial charge in [-0.05, 0) is 97.3 Å². The maximum Gasteiger partial charge on any atom is 0.0725 e. The molecule has 0 saturated carbocycles. The number of anilines is 2. The quantitative estimate of drug-likeness (QED) is 0.211. The largest absolute Gasteiger partial charge is 0.356 e. The van der Waals surface area contributed by atoms with E-state index >= 15 is 0 Å². The van der Waals surface area contributed by atoms with Gasteiger partial charge in [0.15, 0.2) is 0 Å². The summed E-state index contributed by atoms with van der Waals surface area (Å²) >= 11 is 0. The lowest BCUT2D eigenvalue weighted by Gasteiger charge is -2.31. The molecular formula is C43H37N. The van der Waals surface area contributed by atoms with Crippen molar-refractivity contribution in [2.45, 2.75) is 38.5 Å². The molecule has 3 unspecified atom stereocenters. The predicted molar refractivity (Wildman–Crippen MR) is 186 cm³/mol. The van der Waals surface area contributed by atoms with E-state index in [9.17, 15) is 0 Å². The zero-order valence-electron chi connectivity index (χ0n) is 25.6. The monoisotopic (exact) mass is 567 g/mol. The molecule has 0 amide bonds. The Labute approximate surface area is 261 Å². The van der Waals surface area contributed by atoms with Gasteiger partial charge in [0.25, 0.3) is 0 Å². The van der Waals surface area contributed by atoms with Crippen molar-refractivity contribution in [1.29, 1.82) is 0 Å². The van der Waals surface area contributed by atoms with Crippen molar-refractivity contribution >= 4 is 11.4 Å². The summed E-state index contributed by atoms with van der Waals surface area (Å²) in [6, 6.07) is 51.8. The minimum atomic E-state index is -0.314. The second kappa shape index (κ2) is 10.4. The van der Waals surface area contributed by atoms with E-state index in [0.29, 0.717) is 11.8 Å². The highest BCUT2D eigenvalue weighted by molar-refractivity contribution is 5.96. The average molecular weight is 568 g/mol. The third-order valence-electron chi connectivity index (χ3n) is 10.4. The second-order valence-corrected chi connectivity index (χ2v) is 12.6. The Morgan fingerprint density at radius 1 is 0.500 bits per heavy atom. The van der Waals surface area contributed by atoms with Gasteiger partial charge in [0.2, 0.25) is 0 Å². The molecule has 3 atom stereocenters. The van der Waals surface area contributed by atoms with E-state index in [1.54, 1.807) is 0 Å². The fourth-order valence-electron chi connectivity index (χ4n) is 7.75. The Balaban J connectivity index is 1.24. The van der Waals surface area contributed by atoms with E-state index in [0.717, 1.165) is 11.4 Å². The molecule has 2 aliphatic carbocycles. The van der Waals surface area contributed by atoms with Crippen molar-refractivity contribution in [1.82, 2.24) is 0 Å². The minimum absolute atomic E-state index is 0.314. The van der Waals surface area contributed by atoms with Crippen LogP contribution in [0.1, 0.15) is 60.9 Å². The van der Waals surface area contributed by atoms with Gasteiger partial charge in [-0.2, -0.15) is 0 Å². The van der Waals surface area contributed by atoms with Crippen LogP contribution in [0.25, 0.3) is 33.4 Å². The van der Waals surface area contributed by atoms with Crippen molar-refractivity contribution < 1.29 is 0 Å². The molecule has 0 saturated heterocycles. The van der Waals surface area contributed by atoms with Crippen molar-refractivity contribution in [2.24, 2.45) is 5.92 Å². The van der Waals surface area contributed by atoms with Gasteiger partial charge in [0.1, 0.15) is 0 Å². The van der Waals surface area contributed by atoms with Crippen molar-refractivity contribution in [3.05, 3.63) is 167 Å². The van der Waals surface area contributed by atoms with Crippen LogP contribution in [-0.4, -0.2) is 0 Å². The van der Waals surface area contributed by atoms with E-state index in [4.69, 9.17) is 0 Å². The van der Waals surface area contributed by atoms with Gasteiger partial charge in [-0.3, -0.25) is 0 Å². The van der Waals surface area contributed by atoms with Crippen LogP contribution in [-0.2, 0) is 5.41 Å². The lowest BCUT2D eigenvalue weighted by atomic mass is 9.70. The zero-order chi connectivity index (χ0) is 29.8. The number of rotatable bonds is 6. The highest BCUT2D eigenvalue weighted by atomic mass is 14.9. The fourth-order valence-corrected chi connectivity index (χ4v) is 7.75. The number of hydrogen-bond acceptors (Lipinski definition) is 1. The normalized spacial score (nSPS) is 17.0. The van der Waals surface area contributed by atoms with Gasteiger partial charge in [-0.25, -0.2) is 0 Å². The van der Waals surface area contributed by atoms with Crippen LogP contribution in [0.5, 0.6) is 0 Å². The molecule has 0 radical (unpaired) electrons. The number of benzene rings is 6. The maximum atomic E-state index is 3.70. The Kier molecular flexibility index (Phi) is 6.31. The molecule has 6 aromatic carbocycles. The molecule has 0 bridgehead atoms. The first-order chi connectivity index (χ1) is 21.6. The van der Waals surface area contributed by atoms with Crippen LogP contribution < -0.4 is 5.32 Å². The predicted octanol–water partition coefficient (Wildman–Crippen LogP) is 11.6. The summed E-state index contributed by atoms with van der Waals surface area (Å²) in [7, 11) is 0. The first kappa shape index (κ1) is 26.7. The molecule has 1 nitrogen and oxygen atoms in total. The van der Waals surface area contributed by atoms with E-state index < -0.39 is 0 Å². The summed E-state index contributed by atoms with van der Waals surface area (Å²) in [6.07, 6.45) is 1.19. The lowest BCUT2D eigenvalue weighted by molar-refractivity contribution is 0.473. The van der Waals surface area contributed by atoms with Crippen LogP contribution in [0, 0.1) is 5.92 Å². The summed E-state index contributed by atoms with van der Waals surface area (Å²) in [5.74, 6) is 1.17. The Bertz CT molecular complexity index is 2000. The van der Waals surface area contributed by atoms with E-state index in [2.05, 4.69) is 166 Å². The SMILES string of the molecule is CCC(C)C(C)c1ccc2c(c1)-c1ccccc1C21c2ccccc2-c2cc(Nc3ccc(-c4ccccc4)cc3)ccc21. The molecule has 0 aliphatic heterocycles. The molecule has 2 aliphatic rings. The first-order valence-electron chi connectivity index (χ1n) is 16.0. The molecule has 1 spiro atoms. The third kappa shape index (κ3) is 3.92. The van der Waals surface area contributed by atoms with Gasteiger partial charge in [-0.15, -0.1) is 0 Å². The molecule has 8 rings (SSSR count). The number of fused-ring (bicyclic) bond motifs is 10. The Morgan fingerprint density at radius 3 is 1.68 bits per heavy atom. The van der Waals surface area contributed by atoms with Crippen LogP contribution in [0.4, 0.5) is 11.4 Å². The van der Waals surface area contributed by atoms with Crippen molar-refractivity contribution in [3.63, 3.8) is 0 Å². The molecule has 1 N–H and O–H groups in total. The highest BCUT2D eigenvalue weighted by Gasteiger charge is 2.51. The van der Waals surface area contributed by atoms with Gasteiger partial charge >= 0.3 is 0 Å². The molecule has 0 aromatic heterocycles. The molecule has 0 fully saturated rings. The molecule has 6 aromatic rings. The fraction of sp³-hybridized carbons (Fsp3) is 0.163. The second-order valence-electron chi connectivity index (χ2n) is 12.6. The van der Waals surface area contributed by atoms with Gasteiger partial charge in [0.05, 0.1) is 5.41 Å². The van der Waals surface area contributed by atoms with Gasteiger partial charge in [0, 0.05) is 11.4 Å². The lowest BCUT2D eigenvalue weighted by Crippen LogP contribution is -2.25. The standard InChI is InChI=1S/C43H37N/c1-4-28(2)29(3)32-20-24-41-37(26-32)35-14-8-10-16-39(35)43(41)40-17-11-9-15-36(40)38-27-34(23-25-42(38)43)44-33-21-18-31(19-22-33)30-12-6-5-7-13-30/h5-29,44H,4H2,1-3H3. The van der Waals surface area contributed by atoms with Crippen LogP contribution in [0.3, 0.4) is 0 Å². The molecular weight excluding hydrogens is 530 g/mol. The third-order valence-corrected chi connectivity index (χ3v) is 10.4. The Hall–Kier alpha value is -4.88. The van der Waals surface area contributed by atoms with Crippen molar-refractivity contribution in [2.75, 3.05) is 5.32 Å². The van der Waals surface area contributed by atoms with Gasteiger partial charge in [-0.1, -0.05) is 142 Å². The summed E-state index contributed by atoms with van der Waals surface area (Å²) in [5.41, 5.74) is 16.7. The smallest absolute Gasteiger partial charge is 0.0725 e. The van der Waals surface area contributed by atoms with E-state index in [1.165, 1.54) is 67.6 Å². The summed E-state index contributed by atoms with van der Waals surface area (Å²) in [6.45, 7) is 7.06. The minimum Gasteiger partial charge on any atom is -0.356 e. The summed E-state index contributed by atoms with van der Waals surface area (Å²) < 4.78 is 0. The molecule has 44 heavy (non-hydrogen) atoms. The van der Waals surface area contributed by atoms with Gasteiger partial charge < -0.3 is 5.32 Å². The number of hydrogen-bond donors (Lipinski definition) is 1. The molecule has 214 valence electrons. The first-order valence-corrected chi connectivity index (χ1v) is 16.0. The Morgan fingerprint density at radius 2 is 1.02 bits per heavy atom. The van der Waals surface area contributed by atoms with E-state index in [-0.39, 0.29) is 5.41 Å². The van der Waals surface area contributed by atoms with Crippen LogP contribution in [0.2, 0.25) is 0 Å². The van der Waals surface area contributed by atoms with Crippen molar-refractivity contribution in [3.8, 4) is 33.4 Å². The topological polar surface area (TPSA) is 12.0 Å². The van der Waals surface area contributed by atoms with Crippen LogP contribution in [0.15, 0.2) is 140 Å². The summed E-state index contributed by atoms with van der Waals surface area (Å²) in [4.78, 5) is 0. The summed E-state index contributed by atoms with van der Waals surface area (Å²) in [5, 5.41) is 3.70. The number of nitrogens with one attached hydrogen (secondary N) is 1. The zero-order valence-corrected chi connectivity index (χ0v) is 25.6. The highest BCUT2D eigenvalue weighted by Crippen LogP contribution is 2.63. The average Bonchev–Trinajstić information content (AvgIpc) is 3.55.